The van der Waals surface area contributed by atoms with Crippen molar-refractivity contribution in [3.63, 3.8) is 0 Å². The van der Waals surface area contributed by atoms with Gasteiger partial charge in [-0.1, -0.05) is 20.3 Å². The van der Waals surface area contributed by atoms with Gasteiger partial charge < -0.3 is 15.2 Å². The van der Waals surface area contributed by atoms with Gasteiger partial charge in [-0.3, -0.25) is 0 Å². The summed E-state index contributed by atoms with van der Waals surface area (Å²) in [5.41, 5.74) is 0. The van der Waals surface area contributed by atoms with Crippen LogP contribution in [0, 0.1) is 12.8 Å². The van der Waals surface area contributed by atoms with Crippen LogP contribution in [0.5, 0.6) is 0 Å². The van der Waals surface area contributed by atoms with Crippen LogP contribution in [0.25, 0.3) is 0 Å². The number of hydrogen-bond acceptors (Lipinski definition) is 3. The van der Waals surface area contributed by atoms with Gasteiger partial charge in [0, 0.05) is 19.6 Å². The summed E-state index contributed by atoms with van der Waals surface area (Å²) in [5.74, 6) is 3.60. The maximum atomic E-state index is 4.72. The number of hydrogen-bond donors (Lipinski definition) is 2. The van der Waals surface area contributed by atoms with Gasteiger partial charge in [-0.2, -0.15) is 0 Å². The normalized spacial score (nSPS) is 21.2. The number of unbranched alkanes of at least 4 members (excludes halogenated alkanes) is 1. The molecule has 1 saturated carbocycles. The van der Waals surface area contributed by atoms with E-state index >= 15 is 0 Å². The molecule has 7 heteroatoms. The average molecular weight is 448 g/mol. The van der Waals surface area contributed by atoms with Crippen molar-refractivity contribution >= 4 is 29.9 Å². The molecule has 0 aromatic carbocycles. The molecule has 1 fully saturated rings. The fraction of sp³-hybridized carbons (Fsp3) is 0.824. The zero-order valence-electron chi connectivity index (χ0n) is 15.5. The summed E-state index contributed by atoms with van der Waals surface area (Å²) in [5, 5.41) is 15.4. The molecule has 1 aromatic rings. The third-order valence-corrected chi connectivity index (χ3v) is 4.74. The third-order valence-electron chi connectivity index (χ3n) is 4.74. The Hall–Kier alpha value is -0.860. The van der Waals surface area contributed by atoms with Gasteiger partial charge in [-0.15, -0.1) is 34.2 Å². The Morgan fingerprint density at radius 2 is 1.96 bits per heavy atom. The van der Waals surface area contributed by atoms with Gasteiger partial charge in [0.2, 0.25) is 0 Å². The lowest BCUT2D eigenvalue weighted by molar-refractivity contribution is 0.329. The van der Waals surface area contributed by atoms with E-state index in [9.17, 15) is 0 Å². The van der Waals surface area contributed by atoms with Gasteiger partial charge in [-0.25, -0.2) is 4.99 Å². The number of rotatable bonds is 6. The molecule has 0 spiro atoms. The standard InChI is InChI=1S/C17H32N6.HI/c1-5-6-11-18-17(20-15-9-7-13(2)8-10-15)19-12-16-22-21-14(3)23(16)4;/h13,15H,5-12H2,1-4H3,(H2,18,19,20);1H. The van der Waals surface area contributed by atoms with E-state index < -0.39 is 0 Å². The molecule has 24 heavy (non-hydrogen) atoms. The third kappa shape index (κ3) is 6.57. The first-order chi connectivity index (χ1) is 11.1. The highest BCUT2D eigenvalue weighted by molar-refractivity contribution is 14.0. The first-order valence-electron chi connectivity index (χ1n) is 8.99. The molecule has 1 aliphatic carbocycles. The lowest BCUT2D eigenvalue weighted by atomic mass is 9.87. The number of nitrogens with zero attached hydrogens (tertiary/aromatic N) is 4. The number of aryl methyl sites for hydroxylation is 1. The maximum absolute atomic E-state index is 4.72. The highest BCUT2D eigenvalue weighted by Gasteiger charge is 2.19. The first-order valence-corrected chi connectivity index (χ1v) is 8.99. The zero-order valence-corrected chi connectivity index (χ0v) is 17.8. The predicted octanol–water partition coefficient (Wildman–Crippen LogP) is 3.16. The zero-order chi connectivity index (χ0) is 16.7. The van der Waals surface area contributed by atoms with Crippen LogP contribution in [-0.4, -0.2) is 33.3 Å². The Balaban J connectivity index is 0.00000288. The van der Waals surface area contributed by atoms with Crippen LogP contribution in [-0.2, 0) is 13.6 Å². The Morgan fingerprint density at radius 3 is 2.54 bits per heavy atom. The monoisotopic (exact) mass is 448 g/mol. The molecule has 0 unspecified atom stereocenters. The van der Waals surface area contributed by atoms with Crippen LogP contribution in [0.15, 0.2) is 4.99 Å². The summed E-state index contributed by atoms with van der Waals surface area (Å²) in [6.45, 7) is 8.03. The molecule has 0 saturated heterocycles. The SMILES string of the molecule is CCCCNC(=NCc1nnc(C)n1C)NC1CCC(C)CC1.I. The lowest BCUT2D eigenvalue weighted by Gasteiger charge is -2.28. The van der Waals surface area contributed by atoms with Crippen LogP contribution < -0.4 is 10.6 Å². The van der Waals surface area contributed by atoms with E-state index in [4.69, 9.17) is 4.99 Å². The van der Waals surface area contributed by atoms with E-state index in [2.05, 4.69) is 34.7 Å². The van der Waals surface area contributed by atoms with Crippen molar-refractivity contribution in [3.05, 3.63) is 11.6 Å². The number of aromatic nitrogens is 3. The van der Waals surface area contributed by atoms with Crippen molar-refractivity contribution < 1.29 is 0 Å². The molecule has 6 nitrogen and oxygen atoms in total. The molecule has 138 valence electrons. The van der Waals surface area contributed by atoms with Gasteiger partial charge >= 0.3 is 0 Å². The molecule has 0 amide bonds. The number of nitrogens with one attached hydrogen (secondary N) is 2. The van der Waals surface area contributed by atoms with Crippen molar-refractivity contribution in [2.45, 2.75) is 71.9 Å². The molecule has 0 atom stereocenters. The fourth-order valence-electron chi connectivity index (χ4n) is 2.87. The summed E-state index contributed by atoms with van der Waals surface area (Å²) in [7, 11) is 1.99. The van der Waals surface area contributed by atoms with Crippen LogP contribution in [0.1, 0.15) is 64.0 Å². The molecule has 1 heterocycles. The van der Waals surface area contributed by atoms with E-state index in [0.717, 1.165) is 36.5 Å². The second kappa shape index (κ2) is 10.9. The minimum absolute atomic E-state index is 0. The quantitative estimate of drug-likeness (QED) is 0.304. The van der Waals surface area contributed by atoms with E-state index in [1.807, 2.05) is 18.5 Å². The average Bonchev–Trinajstić information content (AvgIpc) is 2.86. The Bertz CT molecular complexity index is 505. The van der Waals surface area contributed by atoms with Crippen molar-refractivity contribution in [2.24, 2.45) is 18.0 Å². The van der Waals surface area contributed by atoms with Gasteiger partial charge in [0.25, 0.3) is 0 Å². The van der Waals surface area contributed by atoms with Crippen LogP contribution in [0.3, 0.4) is 0 Å². The molecule has 0 aliphatic heterocycles. The van der Waals surface area contributed by atoms with Gasteiger partial charge in [0.15, 0.2) is 11.8 Å². The Labute approximate surface area is 163 Å². The van der Waals surface area contributed by atoms with Crippen LogP contribution >= 0.6 is 24.0 Å². The van der Waals surface area contributed by atoms with E-state index in [-0.39, 0.29) is 24.0 Å². The number of aliphatic imine (C=N–C) groups is 1. The second-order valence-corrected chi connectivity index (χ2v) is 6.77. The Kier molecular flexibility index (Phi) is 9.61. The fourth-order valence-corrected chi connectivity index (χ4v) is 2.87. The van der Waals surface area contributed by atoms with Crippen LogP contribution in [0.2, 0.25) is 0 Å². The molecule has 2 N–H and O–H groups in total. The summed E-state index contributed by atoms with van der Waals surface area (Å²) >= 11 is 0. The number of guanidine groups is 1. The maximum Gasteiger partial charge on any atom is 0.191 e. The predicted molar refractivity (Wildman–Crippen MR) is 110 cm³/mol. The van der Waals surface area contributed by atoms with E-state index in [1.54, 1.807) is 0 Å². The summed E-state index contributed by atoms with van der Waals surface area (Å²) in [6.07, 6.45) is 7.43. The van der Waals surface area contributed by atoms with Gasteiger partial charge in [0.05, 0.1) is 0 Å². The largest absolute Gasteiger partial charge is 0.356 e. The van der Waals surface area contributed by atoms with Crippen LogP contribution in [0.4, 0.5) is 0 Å². The molecule has 1 aromatic heterocycles. The van der Waals surface area contributed by atoms with E-state index in [1.165, 1.54) is 32.1 Å². The Morgan fingerprint density at radius 1 is 1.25 bits per heavy atom. The van der Waals surface area contributed by atoms with Gasteiger partial charge in [0.1, 0.15) is 12.4 Å². The van der Waals surface area contributed by atoms with Crippen molar-refractivity contribution in [1.29, 1.82) is 0 Å². The van der Waals surface area contributed by atoms with Crippen molar-refractivity contribution in [2.75, 3.05) is 6.54 Å². The van der Waals surface area contributed by atoms with Crippen molar-refractivity contribution in [3.8, 4) is 0 Å². The first kappa shape index (κ1) is 21.2. The minimum Gasteiger partial charge on any atom is -0.356 e. The molecule has 0 bridgehead atoms. The highest BCUT2D eigenvalue weighted by Crippen LogP contribution is 2.23. The van der Waals surface area contributed by atoms with Crippen molar-refractivity contribution in [1.82, 2.24) is 25.4 Å². The molecule has 2 rings (SSSR count). The van der Waals surface area contributed by atoms with E-state index in [0.29, 0.717) is 12.6 Å². The molecular weight excluding hydrogens is 415 g/mol. The lowest BCUT2D eigenvalue weighted by Crippen LogP contribution is -2.45. The van der Waals surface area contributed by atoms with Gasteiger partial charge in [-0.05, 0) is 44.9 Å². The second-order valence-electron chi connectivity index (χ2n) is 6.77. The topological polar surface area (TPSA) is 67.1 Å². The summed E-state index contributed by atoms with van der Waals surface area (Å²) in [6, 6.07) is 0.542. The minimum atomic E-state index is 0. The molecule has 0 radical (unpaired) electrons. The number of halogens is 1. The summed E-state index contributed by atoms with van der Waals surface area (Å²) < 4.78 is 2.00. The highest BCUT2D eigenvalue weighted by atomic mass is 127. The smallest absolute Gasteiger partial charge is 0.191 e. The molecule has 1 aliphatic rings. The molecular formula is C17H33IN6. The summed E-state index contributed by atoms with van der Waals surface area (Å²) in [4.78, 5) is 4.72.